The van der Waals surface area contributed by atoms with Crippen molar-refractivity contribution in [3.63, 3.8) is 0 Å². The fourth-order valence-corrected chi connectivity index (χ4v) is 2.35. The molecule has 0 saturated heterocycles. The maximum Gasteiger partial charge on any atom is 0.130 e. The van der Waals surface area contributed by atoms with Crippen molar-refractivity contribution in [2.24, 2.45) is 7.05 Å². The molecule has 1 atom stereocenters. The van der Waals surface area contributed by atoms with Gasteiger partial charge in [0.25, 0.3) is 0 Å². The minimum Gasteiger partial charge on any atom is -0.306 e. The molecule has 1 aromatic carbocycles. The van der Waals surface area contributed by atoms with Crippen LogP contribution in [-0.2, 0) is 13.6 Å². The summed E-state index contributed by atoms with van der Waals surface area (Å²) >= 11 is 0. The van der Waals surface area contributed by atoms with E-state index in [4.69, 9.17) is 0 Å². The summed E-state index contributed by atoms with van der Waals surface area (Å²) in [6.45, 7) is 6.19. The summed E-state index contributed by atoms with van der Waals surface area (Å²) in [7, 11) is 1.88. The van der Waals surface area contributed by atoms with Gasteiger partial charge in [0, 0.05) is 36.5 Å². The molecule has 1 unspecified atom stereocenters. The molecule has 0 spiro atoms. The average Bonchev–Trinajstić information content (AvgIpc) is 2.61. The molecular weight excluding hydrogens is 260 g/mol. The van der Waals surface area contributed by atoms with Gasteiger partial charge in [-0.3, -0.25) is 4.68 Å². The molecule has 0 aliphatic carbocycles. The Balaban J connectivity index is 2.15. The summed E-state index contributed by atoms with van der Waals surface area (Å²) in [4.78, 5) is 0. The zero-order valence-corrected chi connectivity index (χ0v) is 12.2. The van der Waals surface area contributed by atoms with E-state index in [1.54, 1.807) is 11.6 Å². The van der Waals surface area contributed by atoms with Crippen molar-refractivity contribution in [2.75, 3.05) is 0 Å². The van der Waals surface area contributed by atoms with E-state index in [-0.39, 0.29) is 5.56 Å². The average molecular weight is 279 g/mol. The molecule has 2 rings (SSSR count). The fourth-order valence-electron chi connectivity index (χ4n) is 2.35. The fraction of sp³-hybridized carbons (Fsp3) is 0.400. The van der Waals surface area contributed by atoms with Crippen LogP contribution < -0.4 is 5.32 Å². The number of aromatic nitrogens is 2. The van der Waals surface area contributed by atoms with Crippen LogP contribution in [-0.4, -0.2) is 9.78 Å². The highest BCUT2D eigenvalue weighted by Gasteiger charge is 2.17. The molecule has 3 nitrogen and oxygen atoms in total. The maximum atomic E-state index is 13.7. The minimum atomic E-state index is -0.523. The van der Waals surface area contributed by atoms with Crippen LogP contribution in [0.3, 0.4) is 0 Å². The van der Waals surface area contributed by atoms with Crippen molar-refractivity contribution < 1.29 is 8.78 Å². The number of rotatable bonds is 4. The summed E-state index contributed by atoms with van der Waals surface area (Å²) in [6.07, 6.45) is 0. The number of benzene rings is 1. The van der Waals surface area contributed by atoms with E-state index in [1.807, 2.05) is 20.9 Å². The summed E-state index contributed by atoms with van der Waals surface area (Å²) in [6, 6.07) is 3.51. The number of halogens is 2. The number of nitrogens with one attached hydrogen (secondary N) is 1. The first-order valence-corrected chi connectivity index (χ1v) is 6.58. The second-order valence-electron chi connectivity index (χ2n) is 5.01. The lowest BCUT2D eigenvalue weighted by atomic mass is 10.1. The van der Waals surface area contributed by atoms with Crippen LogP contribution in [0.4, 0.5) is 8.78 Å². The normalized spacial score (nSPS) is 12.7. The molecular formula is C15H19F2N3. The molecule has 1 heterocycles. The molecule has 0 saturated carbocycles. The number of hydrogen-bond acceptors (Lipinski definition) is 2. The van der Waals surface area contributed by atoms with Gasteiger partial charge in [0.2, 0.25) is 0 Å². The Morgan fingerprint density at radius 1 is 1.25 bits per heavy atom. The Morgan fingerprint density at radius 2 is 1.85 bits per heavy atom. The summed E-state index contributed by atoms with van der Waals surface area (Å²) in [5, 5.41) is 7.48. The van der Waals surface area contributed by atoms with Crippen LogP contribution in [0.1, 0.15) is 35.5 Å². The molecule has 0 aliphatic heterocycles. The van der Waals surface area contributed by atoms with E-state index in [2.05, 4.69) is 10.4 Å². The first-order valence-electron chi connectivity index (χ1n) is 6.58. The summed E-state index contributed by atoms with van der Waals surface area (Å²) in [5.74, 6) is -1.05. The van der Waals surface area contributed by atoms with Gasteiger partial charge >= 0.3 is 0 Å². The highest BCUT2D eigenvalue weighted by molar-refractivity contribution is 5.26. The minimum absolute atomic E-state index is 0.0756. The standard InChI is InChI=1S/C15H19F2N3/c1-9-12(11(3)20(4)19-9)8-18-10(2)15-13(16)6-5-7-14(15)17/h5-7,10,18H,8H2,1-4H3. The highest BCUT2D eigenvalue weighted by Crippen LogP contribution is 2.21. The quantitative estimate of drug-likeness (QED) is 0.931. The highest BCUT2D eigenvalue weighted by atomic mass is 19.1. The molecule has 0 aliphatic rings. The molecule has 0 radical (unpaired) electrons. The van der Waals surface area contributed by atoms with Gasteiger partial charge in [0.1, 0.15) is 11.6 Å². The SMILES string of the molecule is Cc1nn(C)c(C)c1CNC(C)c1c(F)cccc1F. The maximum absolute atomic E-state index is 13.7. The number of aryl methyl sites for hydroxylation is 2. The van der Waals surface area contributed by atoms with Crippen LogP contribution in [0.15, 0.2) is 18.2 Å². The van der Waals surface area contributed by atoms with E-state index in [1.165, 1.54) is 18.2 Å². The van der Waals surface area contributed by atoms with E-state index in [0.717, 1.165) is 17.0 Å². The first kappa shape index (κ1) is 14.7. The van der Waals surface area contributed by atoms with Gasteiger partial charge in [0.15, 0.2) is 0 Å². The summed E-state index contributed by atoms with van der Waals surface area (Å²) < 4.78 is 29.2. The lowest BCUT2D eigenvalue weighted by Gasteiger charge is -2.16. The van der Waals surface area contributed by atoms with Crippen molar-refractivity contribution >= 4 is 0 Å². The van der Waals surface area contributed by atoms with Crippen molar-refractivity contribution in [3.8, 4) is 0 Å². The molecule has 0 bridgehead atoms. The second kappa shape index (κ2) is 5.71. The largest absolute Gasteiger partial charge is 0.306 e. The smallest absolute Gasteiger partial charge is 0.130 e. The van der Waals surface area contributed by atoms with E-state index in [9.17, 15) is 8.78 Å². The Hall–Kier alpha value is -1.75. The molecule has 0 amide bonds. The third-order valence-corrected chi connectivity index (χ3v) is 3.68. The predicted molar refractivity (Wildman–Crippen MR) is 74.3 cm³/mol. The van der Waals surface area contributed by atoms with E-state index >= 15 is 0 Å². The van der Waals surface area contributed by atoms with Gasteiger partial charge in [0.05, 0.1) is 5.69 Å². The van der Waals surface area contributed by atoms with Crippen LogP contribution in [0.25, 0.3) is 0 Å². The number of nitrogens with zero attached hydrogens (tertiary/aromatic N) is 2. The summed E-state index contributed by atoms with van der Waals surface area (Å²) in [5.41, 5.74) is 3.12. The monoisotopic (exact) mass is 279 g/mol. The lowest BCUT2D eigenvalue weighted by molar-refractivity contribution is 0.486. The second-order valence-corrected chi connectivity index (χ2v) is 5.01. The Bertz CT molecular complexity index is 600. The van der Waals surface area contributed by atoms with Gasteiger partial charge in [-0.2, -0.15) is 5.10 Å². The molecule has 20 heavy (non-hydrogen) atoms. The Morgan fingerprint density at radius 3 is 2.35 bits per heavy atom. The zero-order chi connectivity index (χ0) is 14.9. The van der Waals surface area contributed by atoms with Gasteiger partial charge in [-0.15, -0.1) is 0 Å². The number of hydrogen-bond donors (Lipinski definition) is 1. The van der Waals surface area contributed by atoms with Gasteiger partial charge in [-0.25, -0.2) is 8.78 Å². The predicted octanol–water partition coefficient (Wildman–Crippen LogP) is 3.17. The van der Waals surface area contributed by atoms with E-state index < -0.39 is 17.7 Å². The van der Waals surface area contributed by atoms with E-state index in [0.29, 0.717) is 6.54 Å². The van der Waals surface area contributed by atoms with Crippen LogP contribution in [0.2, 0.25) is 0 Å². The third kappa shape index (κ3) is 2.72. The van der Waals surface area contributed by atoms with Crippen molar-refractivity contribution in [1.29, 1.82) is 0 Å². The zero-order valence-electron chi connectivity index (χ0n) is 12.2. The van der Waals surface area contributed by atoms with Gasteiger partial charge in [-0.1, -0.05) is 6.07 Å². The van der Waals surface area contributed by atoms with Crippen LogP contribution in [0.5, 0.6) is 0 Å². The topological polar surface area (TPSA) is 29.9 Å². The first-order chi connectivity index (χ1) is 9.41. The van der Waals surface area contributed by atoms with Gasteiger partial charge in [-0.05, 0) is 32.9 Å². The lowest BCUT2D eigenvalue weighted by Crippen LogP contribution is -2.21. The van der Waals surface area contributed by atoms with Gasteiger partial charge < -0.3 is 5.32 Å². The molecule has 1 aromatic heterocycles. The van der Waals surface area contributed by atoms with Crippen LogP contribution in [0, 0.1) is 25.5 Å². The van der Waals surface area contributed by atoms with Crippen molar-refractivity contribution in [3.05, 3.63) is 52.3 Å². The molecule has 5 heteroatoms. The third-order valence-electron chi connectivity index (χ3n) is 3.68. The molecule has 2 aromatic rings. The van der Waals surface area contributed by atoms with Crippen LogP contribution >= 0.6 is 0 Å². The van der Waals surface area contributed by atoms with Crippen molar-refractivity contribution in [2.45, 2.75) is 33.4 Å². The Kier molecular flexibility index (Phi) is 4.18. The molecule has 0 fully saturated rings. The molecule has 108 valence electrons. The Labute approximate surface area is 117 Å². The van der Waals surface area contributed by atoms with Crippen molar-refractivity contribution in [1.82, 2.24) is 15.1 Å². The molecule has 1 N–H and O–H groups in total.